The third-order valence-electron chi connectivity index (χ3n) is 3.53. The monoisotopic (exact) mass is 292 g/mol. The van der Waals surface area contributed by atoms with Gasteiger partial charge in [0.1, 0.15) is 17.7 Å². The van der Waals surface area contributed by atoms with Crippen molar-refractivity contribution in [2.24, 2.45) is 0 Å². The molecular formula is C16H16N6. The van der Waals surface area contributed by atoms with Crippen LogP contribution in [0.2, 0.25) is 0 Å². The number of fused-ring (bicyclic) bond motifs is 1. The van der Waals surface area contributed by atoms with Gasteiger partial charge in [0.25, 0.3) is 0 Å². The van der Waals surface area contributed by atoms with Gasteiger partial charge in [-0.05, 0) is 38.1 Å². The molecule has 0 saturated heterocycles. The van der Waals surface area contributed by atoms with Crippen molar-refractivity contribution in [3.8, 4) is 6.07 Å². The first-order valence-electron chi connectivity index (χ1n) is 7.18. The fraction of sp³-hybridized carbons (Fsp3) is 0.250. The van der Waals surface area contributed by atoms with Crippen LogP contribution in [0.1, 0.15) is 31.4 Å². The molecule has 2 aromatic heterocycles. The van der Waals surface area contributed by atoms with Crippen molar-refractivity contribution < 1.29 is 0 Å². The molecule has 0 saturated carbocycles. The van der Waals surface area contributed by atoms with E-state index in [9.17, 15) is 0 Å². The lowest BCUT2D eigenvalue weighted by molar-refractivity contribution is 0.671. The van der Waals surface area contributed by atoms with Crippen LogP contribution in [0.4, 0.5) is 5.82 Å². The number of anilines is 1. The number of nitriles is 1. The van der Waals surface area contributed by atoms with Crippen LogP contribution in [0.3, 0.4) is 0 Å². The summed E-state index contributed by atoms with van der Waals surface area (Å²) >= 11 is 0. The van der Waals surface area contributed by atoms with Crippen LogP contribution in [0, 0.1) is 11.3 Å². The van der Waals surface area contributed by atoms with Crippen molar-refractivity contribution >= 4 is 16.9 Å². The van der Waals surface area contributed by atoms with Gasteiger partial charge in [-0.25, -0.2) is 4.98 Å². The zero-order valence-corrected chi connectivity index (χ0v) is 12.5. The number of para-hydroxylation sites is 2. The molecule has 3 aromatic rings. The largest absolute Gasteiger partial charge is 0.359 e. The molecule has 0 aliphatic rings. The zero-order chi connectivity index (χ0) is 15.5. The molecule has 2 heterocycles. The standard InChI is InChI=1S/C16H16N6/c1-3-22-14-7-5-4-6-13(14)19-16(22)11(2)18-15-9-8-12(10-17)20-21-15/h4-9,11H,3H2,1-2H3,(H,18,21)/t11-/m1/s1. The normalized spacial score (nSPS) is 12.0. The van der Waals surface area contributed by atoms with E-state index in [0.717, 1.165) is 23.4 Å². The number of hydrogen-bond acceptors (Lipinski definition) is 5. The molecule has 6 nitrogen and oxygen atoms in total. The van der Waals surface area contributed by atoms with Crippen molar-refractivity contribution in [1.82, 2.24) is 19.7 Å². The molecular weight excluding hydrogens is 276 g/mol. The van der Waals surface area contributed by atoms with E-state index >= 15 is 0 Å². The van der Waals surface area contributed by atoms with Crippen molar-refractivity contribution in [3.05, 3.63) is 47.9 Å². The first-order chi connectivity index (χ1) is 10.7. The summed E-state index contributed by atoms with van der Waals surface area (Å²) in [5.41, 5.74) is 2.41. The Morgan fingerprint density at radius 2 is 2.05 bits per heavy atom. The van der Waals surface area contributed by atoms with Gasteiger partial charge in [0.2, 0.25) is 0 Å². The van der Waals surface area contributed by atoms with Gasteiger partial charge in [0, 0.05) is 6.54 Å². The van der Waals surface area contributed by atoms with Crippen LogP contribution < -0.4 is 5.32 Å². The van der Waals surface area contributed by atoms with E-state index in [2.05, 4.69) is 33.1 Å². The molecule has 6 heteroatoms. The van der Waals surface area contributed by atoms with Gasteiger partial charge in [0.05, 0.1) is 17.1 Å². The second-order valence-corrected chi connectivity index (χ2v) is 4.98. The number of rotatable bonds is 4. The smallest absolute Gasteiger partial charge is 0.163 e. The van der Waals surface area contributed by atoms with Gasteiger partial charge < -0.3 is 9.88 Å². The maximum Gasteiger partial charge on any atom is 0.163 e. The fourth-order valence-corrected chi connectivity index (χ4v) is 2.51. The molecule has 1 atom stereocenters. The van der Waals surface area contributed by atoms with Crippen LogP contribution in [0.15, 0.2) is 36.4 Å². The molecule has 22 heavy (non-hydrogen) atoms. The quantitative estimate of drug-likeness (QED) is 0.799. The van der Waals surface area contributed by atoms with E-state index in [4.69, 9.17) is 10.2 Å². The lowest BCUT2D eigenvalue weighted by Gasteiger charge is -2.15. The highest BCUT2D eigenvalue weighted by molar-refractivity contribution is 5.76. The molecule has 1 aromatic carbocycles. The Morgan fingerprint density at radius 1 is 1.23 bits per heavy atom. The van der Waals surface area contributed by atoms with Crippen molar-refractivity contribution in [2.75, 3.05) is 5.32 Å². The van der Waals surface area contributed by atoms with Gasteiger partial charge >= 0.3 is 0 Å². The number of aromatic nitrogens is 4. The number of aryl methyl sites for hydroxylation is 1. The van der Waals surface area contributed by atoms with Crippen molar-refractivity contribution in [3.63, 3.8) is 0 Å². The molecule has 3 rings (SSSR count). The molecule has 0 aliphatic heterocycles. The predicted molar refractivity (Wildman–Crippen MR) is 84.2 cm³/mol. The van der Waals surface area contributed by atoms with E-state index in [-0.39, 0.29) is 6.04 Å². The number of benzene rings is 1. The van der Waals surface area contributed by atoms with E-state index in [0.29, 0.717) is 11.5 Å². The number of nitrogens with zero attached hydrogens (tertiary/aromatic N) is 5. The van der Waals surface area contributed by atoms with Crippen LogP contribution >= 0.6 is 0 Å². The topological polar surface area (TPSA) is 79.4 Å². The Labute approximate surface area is 128 Å². The van der Waals surface area contributed by atoms with Gasteiger partial charge in [-0.2, -0.15) is 5.26 Å². The Bertz CT molecular complexity index is 828. The summed E-state index contributed by atoms with van der Waals surface area (Å²) in [6.45, 7) is 4.99. The first-order valence-corrected chi connectivity index (χ1v) is 7.18. The van der Waals surface area contributed by atoms with Crippen LogP contribution in [-0.4, -0.2) is 19.7 Å². The summed E-state index contributed by atoms with van der Waals surface area (Å²) < 4.78 is 2.18. The second-order valence-electron chi connectivity index (χ2n) is 4.98. The molecule has 0 fully saturated rings. The van der Waals surface area contributed by atoms with E-state index in [1.54, 1.807) is 12.1 Å². The maximum absolute atomic E-state index is 8.75. The highest BCUT2D eigenvalue weighted by atomic mass is 15.2. The Morgan fingerprint density at radius 3 is 2.73 bits per heavy atom. The molecule has 0 amide bonds. The predicted octanol–water partition coefficient (Wildman–Crippen LogP) is 2.89. The summed E-state index contributed by atoms with van der Waals surface area (Å²) in [4.78, 5) is 4.71. The molecule has 0 radical (unpaired) electrons. The average Bonchev–Trinajstić information content (AvgIpc) is 2.94. The molecule has 0 spiro atoms. The van der Waals surface area contributed by atoms with E-state index < -0.39 is 0 Å². The maximum atomic E-state index is 8.75. The highest BCUT2D eigenvalue weighted by Gasteiger charge is 2.16. The second kappa shape index (κ2) is 5.82. The van der Waals surface area contributed by atoms with E-state index in [1.807, 2.05) is 31.2 Å². The SMILES string of the molecule is CCn1c([C@@H](C)Nc2ccc(C#N)nn2)nc2ccccc21. The van der Waals surface area contributed by atoms with Gasteiger partial charge in [-0.15, -0.1) is 10.2 Å². The summed E-state index contributed by atoms with van der Waals surface area (Å²) in [5.74, 6) is 1.58. The van der Waals surface area contributed by atoms with Crippen LogP contribution in [0.25, 0.3) is 11.0 Å². The molecule has 110 valence electrons. The minimum absolute atomic E-state index is 0.0189. The molecule has 0 bridgehead atoms. The van der Waals surface area contributed by atoms with Gasteiger partial charge in [-0.1, -0.05) is 12.1 Å². The third kappa shape index (κ3) is 2.49. The van der Waals surface area contributed by atoms with Gasteiger partial charge in [-0.3, -0.25) is 0 Å². The van der Waals surface area contributed by atoms with Crippen molar-refractivity contribution in [1.29, 1.82) is 5.26 Å². The fourth-order valence-electron chi connectivity index (χ4n) is 2.51. The number of imidazole rings is 1. The number of hydrogen-bond donors (Lipinski definition) is 1. The molecule has 0 unspecified atom stereocenters. The van der Waals surface area contributed by atoms with Crippen LogP contribution in [0.5, 0.6) is 0 Å². The molecule has 1 N–H and O–H groups in total. The first kappa shape index (κ1) is 14.0. The number of nitrogens with one attached hydrogen (secondary N) is 1. The summed E-state index contributed by atoms with van der Waals surface area (Å²) in [6.07, 6.45) is 0. The third-order valence-corrected chi connectivity index (χ3v) is 3.53. The summed E-state index contributed by atoms with van der Waals surface area (Å²) in [7, 11) is 0. The summed E-state index contributed by atoms with van der Waals surface area (Å²) in [5, 5.41) is 19.9. The highest BCUT2D eigenvalue weighted by Crippen LogP contribution is 2.22. The lowest BCUT2D eigenvalue weighted by Crippen LogP contribution is -2.14. The lowest BCUT2D eigenvalue weighted by atomic mass is 10.3. The Hall–Kier alpha value is -2.94. The Balaban J connectivity index is 1.91. The van der Waals surface area contributed by atoms with Crippen LogP contribution in [-0.2, 0) is 6.54 Å². The zero-order valence-electron chi connectivity index (χ0n) is 12.5. The minimum atomic E-state index is -0.0189. The molecule has 0 aliphatic carbocycles. The van der Waals surface area contributed by atoms with Crippen molar-refractivity contribution in [2.45, 2.75) is 26.4 Å². The van der Waals surface area contributed by atoms with Gasteiger partial charge in [0.15, 0.2) is 5.69 Å². The summed E-state index contributed by atoms with van der Waals surface area (Å²) in [6, 6.07) is 13.4. The average molecular weight is 292 g/mol. The Kier molecular flexibility index (Phi) is 3.71. The van der Waals surface area contributed by atoms with E-state index in [1.165, 1.54) is 0 Å². The minimum Gasteiger partial charge on any atom is -0.359 e.